The van der Waals surface area contributed by atoms with Gasteiger partial charge in [-0.3, -0.25) is 0 Å². The number of aliphatic hydroxyl groups excluding tert-OH is 3. The van der Waals surface area contributed by atoms with Crippen LogP contribution < -0.4 is 0 Å². The molecule has 2 atom stereocenters. The van der Waals surface area contributed by atoms with Gasteiger partial charge in [-0.15, -0.1) is 0 Å². The highest BCUT2D eigenvalue weighted by molar-refractivity contribution is 5.12. The smallest absolute Gasteiger partial charge is 0.173 e. The Hall–Kier alpha value is -1.35. The van der Waals surface area contributed by atoms with E-state index < -0.39 is 12.2 Å². The van der Waals surface area contributed by atoms with Crippen molar-refractivity contribution >= 4 is 0 Å². The Labute approximate surface area is 74.5 Å². The minimum atomic E-state index is -1.52. The van der Waals surface area contributed by atoms with Crippen molar-refractivity contribution in [3.05, 3.63) is 23.7 Å². The molecule has 0 aromatic carbocycles. The second-order valence-corrected chi connectivity index (χ2v) is 2.48. The Bertz CT molecular complexity index is 314. The quantitative estimate of drug-likeness (QED) is 0.558. The third-order valence-electron chi connectivity index (χ3n) is 1.56. The molecule has 13 heavy (non-hydrogen) atoms. The second kappa shape index (κ2) is 4.05. The molecule has 1 aromatic heterocycles. The standard InChI is InChI=1S/C8H9NO4/c9-3-6(11)8(12)7-2-1-5(4-10)13-7/h1-2,6,8,10-12H,4H2. The maximum Gasteiger partial charge on any atom is 0.173 e. The van der Waals surface area contributed by atoms with Crippen LogP contribution in [0.25, 0.3) is 0 Å². The second-order valence-electron chi connectivity index (χ2n) is 2.48. The molecule has 1 rings (SSSR count). The molecular weight excluding hydrogens is 174 g/mol. The zero-order chi connectivity index (χ0) is 9.84. The van der Waals surface area contributed by atoms with Crippen LogP contribution in [0.3, 0.4) is 0 Å². The van der Waals surface area contributed by atoms with E-state index in [1.54, 1.807) is 0 Å². The lowest BCUT2D eigenvalue weighted by molar-refractivity contribution is 0.0359. The highest BCUT2D eigenvalue weighted by Crippen LogP contribution is 2.19. The fourth-order valence-electron chi connectivity index (χ4n) is 0.865. The Morgan fingerprint density at radius 2 is 2.15 bits per heavy atom. The van der Waals surface area contributed by atoms with Crippen molar-refractivity contribution in [2.45, 2.75) is 18.8 Å². The third-order valence-corrected chi connectivity index (χ3v) is 1.56. The normalized spacial score (nSPS) is 14.9. The maximum absolute atomic E-state index is 9.25. The van der Waals surface area contributed by atoms with Gasteiger partial charge in [-0.25, -0.2) is 0 Å². The van der Waals surface area contributed by atoms with E-state index in [-0.39, 0.29) is 18.1 Å². The summed E-state index contributed by atoms with van der Waals surface area (Å²) in [7, 11) is 0. The molecule has 0 fully saturated rings. The Morgan fingerprint density at radius 1 is 1.46 bits per heavy atom. The summed E-state index contributed by atoms with van der Waals surface area (Å²) in [5.74, 6) is 0.345. The van der Waals surface area contributed by atoms with Crippen LogP contribution in [0.15, 0.2) is 16.5 Å². The molecule has 5 nitrogen and oxygen atoms in total. The zero-order valence-corrected chi connectivity index (χ0v) is 6.71. The fraction of sp³-hybridized carbons (Fsp3) is 0.375. The molecule has 3 N–H and O–H groups in total. The summed E-state index contributed by atoms with van der Waals surface area (Å²) >= 11 is 0. The van der Waals surface area contributed by atoms with Crippen molar-refractivity contribution in [2.24, 2.45) is 0 Å². The number of hydrogen-bond acceptors (Lipinski definition) is 5. The van der Waals surface area contributed by atoms with Crippen LogP contribution >= 0.6 is 0 Å². The van der Waals surface area contributed by atoms with E-state index in [2.05, 4.69) is 0 Å². The van der Waals surface area contributed by atoms with Crippen molar-refractivity contribution in [1.82, 2.24) is 0 Å². The Kier molecular flexibility index (Phi) is 3.03. The third kappa shape index (κ3) is 2.06. The molecule has 0 amide bonds. The van der Waals surface area contributed by atoms with Gasteiger partial charge in [0.15, 0.2) is 12.2 Å². The van der Waals surface area contributed by atoms with E-state index in [9.17, 15) is 5.11 Å². The van der Waals surface area contributed by atoms with Crippen LogP contribution in [0.1, 0.15) is 17.6 Å². The van der Waals surface area contributed by atoms with Crippen molar-refractivity contribution in [1.29, 1.82) is 5.26 Å². The van der Waals surface area contributed by atoms with Gasteiger partial charge in [0.2, 0.25) is 0 Å². The van der Waals surface area contributed by atoms with Crippen molar-refractivity contribution in [3.8, 4) is 6.07 Å². The molecule has 1 aromatic rings. The van der Waals surface area contributed by atoms with Gasteiger partial charge in [-0.2, -0.15) is 5.26 Å². The molecule has 0 saturated carbocycles. The van der Waals surface area contributed by atoms with E-state index in [0.29, 0.717) is 0 Å². The molecule has 0 aliphatic rings. The van der Waals surface area contributed by atoms with Gasteiger partial charge >= 0.3 is 0 Å². The van der Waals surface area contributed by atoms with Gasteiger partial charge in [0.05, 0.1) is 6.07 Å². The molecule has 70 valence electrons. The number of hydrogen-bond donors (Lipinski definition) is 3. The van der Waals surface area contributed by atoms with Crippen molar-refractivity contribution in [2.75, 3.05) is 0 Å². The maximum atomic E-state index is 9.25. The molecule has 2 unspecified atom stereocenters. The van der Waals surface area contributed by atoms with E-state index in [1.165, 1.54) is 18.2 Å². The largest absolute Gasteiger partial charge is 0.461 e. The lowest BCUT2D eigenvalue weighted by Gasteiger charge is -2.07. The predicted octanol–water partition coefficient (Wildman–Crippen LogP) is -0.310. The van der Waals surface area contributed by atoms with E-state index in [0.717, 1.165) is 0 Å². The minimum Gasteiger partial charge on any atom is -0.461 e. The first kappa shape index (κ1) is 9.74. The lowest BCUT2D eigenvalue weighted by Crippen LogP contribution is -2.14. The molecular formula is C8H9NO4. The van der Waals surface area contributed by atoms with E-state index >= 15 is 0 Å². The average molecular weight is 183 g/mol. The van der Waals surface area contributed by atoms with Crippen LogP contribution in [-0.2, 0) is 6.61 Å². The first-order valence-corrected chi connectivity index (χ1v) is 3.64. The average Bonchev–Trinajstić information content (AvgIpc) is 2.63. The number of furan rings is 1. The van der Waals surface area contributed by atoms with Crippen LogP contribution in [-0.4, -0.2) is 21.4 Å². The summed E-state index contributed by atoms with van der Waals surface area (Å²) in [6.45, 7) is -0.282. The first-order valence-electron chi connectivity index (χ1n) is 3.64. The summed E-state index contributed by atoms with van der Waals surface area (Å²) in [6.07, 6.45) is -2.89. The molecule has 0 aliphatic carbocycles. The van der Waals surface area contributed by atoms with Gasteiger partial charge in [-0.05, 0) is 12.1 Å². The lowest BCUT2D eigenvalue weighted by atomic mass is 10.2. The highest BCUT2D eigenvalue weighted by atomic mass is 16.4. The van der Waals surface area contributed by atoms with Crippen molar-refractivity contribution in [3.63, 3.8) is 0 Å². The molecule has 0 spiro atoms. The van der Waals surface area contributed by atoms with Crippen LogP contribution in [0.2, 0.25) is 0 Å². The van der Waals surface area contributed by atoms with Gasteiger partial charge in [0.25, 0.3) is 0 Å². The number of nitrogens with zero attached hydrogens (tertiary/aromatic N) is 1. The molecule has 1 heterocycles. The van der Waals surface area contributed by atoms with Crippen LogP contribution in [0.4, 0.5) is 0 Å². The van der Waals surface area contributed by atoms with E-state index in [1.807, 2.05) is 0 Å². The predicted molar refractivity (Wildman–Crippen MR) is 41.2 cm³/mol. The zero-order valence-electron chi connectivity index (χ0n) is 6.71. The number of aliphatic hydroxyl groups is 3. The fourth-order valence-corrected chi connectivity index (χ4v) is 0.865. The Balaban J connectivity index is 2.78. The summed E-state index contributed by atoms with van der Waals surface area (Å²) in [6, 6.07) is 4.33. The first-order chi connectivity index (χ1) is 6.19. The monoisotopic (exact) mass is 183 g/mol. The summed E-state index contributed by atoms with van der Waals surface area (Å²) in [5.41, 5.74) is 0. The van der Waals surface area contributed by atoms with Gasteiger partial charge in [-0.1, -0.05) is 0 Å². The summed E-state index contributed by atoms with van der Waals surface area (Å²) in [5, 5.41) is 35.1. The number of rotatable bonds is 3. The number of nitriles is 1. The summed E-state index contributed by atoms with van der Waals surface area (Å²) < 4.78 is 4.91. The Morgan fingerprint density at radius 3 is 2.62 bits per heavy atom. The van der Waals surface area contributed by atoms with Gasteiger partial charge < -0.3 is 19.7 Å². The highest BCUT2D eigenvalue weighted by Gasteiger charge is 2.20. The topological polar surface area (TPSA) is 97.6 Å². The minimum absolute atomic E-state index is 0.0677. The van der Waals surface area contributed by atoms with Gasteiger partial charge in [0, 0.05) is 0 Å². The summed E-state index contributed by atoms with van der Waals surface area (Å²) in [4.78, 5) is 0. The van der Waals surface area contributed by atoms with Crippen LogP contribution in [0.5, 0.6) is 0 Å². The molecule has 0 bridgehead atoms. The molecule has 0 radical (unpaired) electrons. The van der Waals surface area contributed by atoms with Gasteiger partial charge in [0.1, 0.15) is 18.1 Å². The molecule has 0 aliphatic heterocycles. The SMILES string of the molecule is N#CC(O)C(O)c1ccc(CO)o1. The molecule has 5 heteroatoms. The van der Waals surface area contributed by atoms with Crippen LogP contribution in [0, 0.1) is 11.3 Å². The van der Waals surface area contributed by atoms with Crippen molar-refractivity contribution < 1.29 is 19.7 Å². The van der Waals surface area contributed by atoms with E-state index in [4.69, 9.17) is 19.9 Å². The molecule has 0 saturated heterocycles.